The van der Waals surface area contributed by atoms with E-state index in [-0.39, 0.29) is 12.0 Å². The third-order valence-corrected chi connectivity index (χ3v) is 4.24. The van der Waals surface area contributed by atoms with Gasteiger partial charge in [0.25, 0.3) is 0 Å². The average Bonchev–Trinajstić information content (AvgIpc) is 2.91. The summed E-state index contributed by atoms with van der Waals surface area (Å²) >= 11 is 0. The molecular formula is C14H26N2O3. The Balaban J connectivity index is 1.83. The van der Waals surface area contributed by atoms with Crippen molar-refractivity contribution >= 4 is 5.97 Å². The van der Waals surface area contributed by atoms with Crippen molar-refractivity contribution in [1.82, 2.24) is 10.2 Å². The summed E-state index contributed by atoms with van der Waals surface area (Å²) in [5, 5.41) is 3.20. The Morgan fingerprint density at radius 3 is 3.11 bits per heavy atom. The zero-order chi connectivity index (χ0) is 13.7. The first-order valence-corrected chi connectivity index (χ1v) is 7.43. The van der Waals surface area contributed by atoms with Crippen LogP contribution in [-0.2, 0) is 14.3 Å². The molecule has 1 saturated carbocycles. The minimum absolute atomic E-state index is 0.155. The molecule has 0 bridgehead atoms. The molecule has 5 nitrogen and oxygen atoms in total. The van der Waals surface area contributed by atoms with Gasteiger partial charge in [0.15, 0.2) is 0 Å². The highest BCUT2D eigenvalue weighted by Crippen LogP contribution is 2.29. The molecule has 110 valence electrons. The van der Waals surface area contributed by atoms with Gasteiger partial charge in [-0.05, 0) is 32.2 Å². The van der Waals surface area contributed by atoms with E-state index in [2.05, 4.69) is 10.2 Å². The number of carbonyl (C=O) groups excluding carboxylic acids is 1. The fourth-order valence-corrected chi connectivity index (χ4v) is 3.27. The lowest BCUT2D eigenvalue weighted by Crippen LogP contribution is -2.50. The van der Waals surface area contributed by atoms with E-state index in [9.17, 15) is 4.79 Å². The fraction of sp³-hybridized carbons (Fsp3) is 0.929. The van der Waals surface area contributed by atoms with E-state index in [0.29, 0.717) is 12.1 Å². The van der Waals surface area contributed by atoms with Crippen LogP contribution in [0.1, 0.15) is 32.6 Å². The van der Waals surface area contributed by atoms with Crippen LogP contribution in [0.15, 0.2) is 0 Å². The van der Waals surface area contributed by atoms with E-state index in [1.165, 1.54) is 26.4 Å². The fourth-order valence-electron chi connectivity index (χ4n) is 3.27. The monoisotopic (exact) mass is 270 g/mol. The van der Waals surface area contributed by atoms with Gasteiger partial charge in [-0.15, -0.1) is 0 Å². The molecule has 0 aromatic rings. The molecule has 2 rings (SSSR count). The molecule has 0 aromatic heterocycles. The Morgan fingerprint density at radius 2 is 2.37 bits per heavy atom. The minimum Gasteiger partial charge on any atom is -0.468 e. The second-order valence-electron chi connectivity index (χ2n) is 5.37. The van der Waals surface area contributed by atoms with Crippen LogP contribution >= 0.6 is 0 Å². The second-order valence-corrected chi connectivity index (χ2v) is 5.37. The van der Waals surface area contributed by atoms with Crippen molar-refractivity contribution in [2.75, 3.05) is 33.4 Å². The number of methoxy groups -OCH3 is 1. The molecule has 2 aliphatic rings. The standard InChI is InChI=1S/C14H26N2O3/c1-3-15-11(14(17)18-2)7-8-16-9-10-19-13-6-4-5-12(13)16/h11-13,15H,3-10H2,1-2H3. The predicted octanol–water partition coefficient (Wildman–Crippen LogP) is 0.781. The molecule has 5 heteroatoms. The summed E-state index contributed by atoms with van der Waals surface area (Å²) < 4.78 is 10.7. The number of esters is 1. The van der Waals surface area contributed by atoms with Gasteiger partial charge >= 0.3 is 5.97 Å². The van der Waals surface area contributed by atoms with E-state index in [4.69, 9.17) is 9.47 Å². The summed E-state index contributed by atoms with van der Waals surface area (Å²) in [6.45, 7) is 5.55. The van der Waals surface area contributed by atoms with Crippen molar-refractivity contribution in [1.29, 1.82) is 0 Å². The molecule has 0 spiro atoms. The maximum Gasteiger partial charge on any atom is 0.322 e. The number of hydrogen-bond donors (Lipinski definition) is 1. The lowest BCUT2D eigenvalue weighted by atomic mass is 10.1. The van der Waals surface area contributed by atoms with Gasteiger partial charge in [0.2, 0.25) is 0 Å². The molecule has 1 aliphatic carbocycles. The van der Waals surface area contributed by atoms with Crippen molar-refractivity contribution in [3.05, 3.63) is 0 Å². The number of fused-ring (bicyclic) bond motifs is 1. The highest BCUT2D eigenvalue weighted by Gasteiger charge is 2.36. The third kappa shape index (κ3) is 3.68. The summed E-state index contributed by atoms with van der Waals surface area (Å²) in [4.78, 5) is 14.2. The van der Waals surface area contributed by atoms with Crippen LogP contribution in [0.25, 0.3) is 0 Å². The maximum absolute atomic E-state index is 11.7. The number of likely N-dealkylation sites (N-methyl/N-ethyl adjacent to an activating group) is 1. The molecule has 19 heavy (non-hydrogen) atoms. The number of nitrogens with zero attached hydrogens (tertiary/aromatic N) is 1. The smallest absolute Gasteiger partial charge is 0.322 e. The SMILES string of the molecule is CCNC(CCN1CCOC2CCCC21)C(=O)OC. The largest absolute Gasteiger partial charge is 0.468 e. The van der Waals surface area contributed by atoms with Crippen molar-refractivity contribution in [2.45, 2.75) is 50.8 Å². The number of ether oxygens (including phenoxy) is 2. The van der Waals surface area contributed by atoms with Crippen molar-refractivity contribution in [2.24, 2.45) is 0 Å². The van der Waals surface area contributed by atoms with Crippen LogP contribution in [0.2, 0.25) is 0 Å². The zero-order valence-electron chi connectivity index (χ0n) is 12.1. The Labute approximate surface area is 115 Å². The molecule has 2 fully saturated rings. The molecule has 1 aliphatic heterocycles. The Bertz CT molecular complexity index is 298. The first kappa shape index (κ1) is 14.8. The van der Waals surface area contributed by atoms with Crippen LogP contribution < -0.4 is 5.32 Å². The topological polar surface area (TPSA) is 50.8 Å². The van der Waals surface area contributed by atoms with Gasteiger partial charge in [-0.1, -0.05) is 6.92 Å². The highest BCUT2D eigenvalue weighted by molar-refractivity contribution is 5.75. The van der Waals surface area contributed by atoms with Crippen LogP contribution in [0, 0.1) is 0 Å². The number of nitrogens with one attached hydrogen (secondary N) is 1. The van der Waals surface area contributed by atoms with E-state index in [1.54, 1.807) is 0 Å². The van der Waals surface area contributed by atoms with Crippen LogP contribution in [0.3, 0.4) is 0 Å². The van der Waals surface area contributed by atoms with Gasteiger partial charge < -0.3 is 14.8 Å². The quantitative estimate of drug-likeness (QED) is 0.723. The highest BCUT2D eigenvalue weighted by atomic mass is 16.5. The average molecular weight is 270 g/mol. The number of hydrogen-bond acceptors (Lipinski definition) is 5. The Hall–Kier alpha value is -0.650. The van der Waals surface area contributed by atoms with E-state index >= 15 is 0 Å². The van der Waals surface area contributed by atoms with Gasteiger partial charge in [-0.25, -0.2) is 0 Å². The molecule has 0 radical (unpaired) electrons. The number of carbonyl (C=O) groups is 1. The Kier molecular flexibility index (Phi) is 5.60. The normalized spacial score (nSPS) is 28.9. The van der Waals surface area contributed by atoms with Gasteiger partial charge in [0.1, 0.15) is 6.04 Å². The second kappa shape index (κ2) is 7.22. The molecular weight excluding hydrogens is 244 g/mol. The minimum atomic E-state index is -0.183. The first-order valence-electron chi connectivity index (χ1n) is 7.43. The van der Waals surface area contributed by atoms with Gasteiger partial charge in [0, 0.05) is 19.1 Å². The summed E-state index contributed by atoms with van der Waals surface area (Å²) in [6, 6.07) is 0.381. The van der Waals surface area contributed by atoms with E-state index in [0.717, 1.165) is 32.7 Å². The van der Waals surface area contributed by atoms with E-state index in [1.807, 2.05) is 6.92 Å². The molecule has 3 unspecified atom stereocenters. The molecule has 1 heterocycles. The van der Waals surface area contributed by atoms with Gasteiger partial charge in [-0.2, -0.15) is 0 Å². The molecule has 3 atom stereocenters. The lowest BCUT2D eigenvalue weighted by molar-refractivity contribution is -0.143. The zero-order valence-corrected chi connectivity index (χ0v) is 12.1. The number of morpholine rings is 1. The first-order chi connectivity index (χ1) is 9.26. The summed E-state index contributed by atoms with van der Waals surface area (Å²) in [7, 11) is 1.45. The van der Waals surface area contributed by atoms with Crippen LogP contribution in [0.4, 0.5) is 0 Å². The summed E-state index contributed by atoms with van der Waals surface area (Å²) in [6.07, 6.45) is 4.91. The predicted molar refractivity (Wildman–Crippen MR) is 73.0 cm³/mol. The summed E-state index contributed by atoms with van der Waals surface area (Å²) in [5.74, 6) is -0.155. The van der Waals surface area contributed by atoms with Crippen molar-refractivity contribution < 1.29 is 14.3 Å². The Morgan fingerprint density at radius 1 is 1.53 bits per heavy atom. The van der Waals surface area contributed by atoms with Gasteiger partial charge in [0.05, 0.1) is 19.8 Å². The lowest BCUT2D eigenvalue weighted by Gasteiger charge is -2.38. The third-order valence-electron chi connectivity index (χ3n) is 4.24. The van der Waals surface area contributed by atoms with Crippen LogP contribution in [-0.4, -0.2) is 62.4 Å². The van der Waals surface area contributed by atoms with E-state index < -0.39 is 0 Å². The number of rotatable bonds is 6. The molecule has 0 aromatic carbocycles. The van der Waals surface area contributed by atoms with Crippen molar-refractivity contribution in [3.8, 4) is 0 Å². The van der Waals surface area contributed by atoms with Crippen LogP contribution in [0.5, 0.6) is 0 Å². The molecule has 1 saturated heterocycles. The molecule has 1 N–H and O–H groups in total. The van der Waals surface area contributed by atoms with Crippen molar-refractivity contribution in [3.63, 3.8) is 0 Å². The maximum atomic E-state index is 11.7. The summed E-state index contributed by atoms with van der Waals surface area (Å²) in [5.41, 5.74) is 0. The molecule has 0 amide bonds. The van der Waals surface area contributed by atoms with Gasteiger partial charge in [-0.3, -0.25) is 9.69 Å².